The molecule has 61 heavy (non-hydrogen) atoms. The number of phosphoric ester groups is 1. The second-order valence-corrected chi connectivity index (χ2v) is 17.9. The van der Waals surface area contributed by atoms with Crippen LogP contribution in [0.4, 0.5) is 11.6 Å². The predicted octanol–water partition coefficient (Wildman–Crippen LogP) is 0.0455. The minimum atomic E-state index is -5.27. The molecule has 4 amide bonds. The number of H-pyrrole nitrogens is 1. The molecule has 7 atom stereocenters. The van der Waals surface area contributed by atoms with Crippen LogP contribution in [-0.4, -0.2) is 101 Å². The van der Waals surface area contributed by atoms with Crippen LogP contribution in [0.3, 0.4) is 0 Å². The van der Waals surface area contributed by atoms with Gasteiger partial charge in [0.1, 0.15) is 24.4 Å². The van der Waals surface area contributed by atoms with Crippen molar-refractivity contribution < 1.29 is 66.4 Å². The lowest BCUT2D eigenvalue weighted by molar-refractivity contribution is -0.745. The van der Waals surface area contributed by atoms with Crippen LogP contribution in [0.2, 0.25) is 0 Å². The fraction of sp³-hybridized carbons (Fsp3) is 0.417. The summed E-state index contributed by atoms with van der Waals surface area (Å²) in [6.45, 7) is -0.733. The molecule has 3 aliphatic heterocycles. The van der Waals surface area contributed by atoms with Gasteiger partial charge in [-0.05, 0) is 37.0 Å². The average Bonchev–Trinajstić information content (AvgIpc) is 3.82. The minimum absolute atomic E-state index is 0.0112. The zero-order valence-corrected chi connectivity index (χ0v) is 34.1. The van der Waals surface area contributed by atoms with E-state index < -0.39 is 70.1 Å². The van der Waals surface area contributed by atoms with Gasteiger partial charge in [0, 0.05) is 42.7 Å². The smallest absolute Gasteiger partial charge is 0.387 e. The van der Waals surface area contributed by atoms with Crippen LogP contribution in [0.5, 0.6) is 0 Å². The van der Waals surface area contributed by atoms with E-state index >= 15 is 0 Å². The van der Waals surface area contributed by atoms with Gasteiger partial charge >= 0.3 is 21.2 Å². The summed E-state index contributed by atoms with van der Waals surface area (Å²) in [4.78, 5) is 91.2. The largest absolute Gasteiger partial charge is 0.480 e. The van der Waals surface area contributed by atoms with Gasteiger partial charge in [0.25, 0.3) is 17.4 Å². The molecular weight excluding hydrogens is 844 g/mol. The molecule has 0 spiro atoms. The first kappa shape index (κ1) is 43.9. The van der Waals surface area contributed by atoms with Crippen molar-refractivity contribution in [3.8, 4) is 0 Å². The van der Waals surface area contributed by atoms with Crippen LogP contribution >= 0.6 is 15.6 Å². The van der Waals surface area contributed by atoms with E-state index in [0.717, 1.165) is 5.56 Å². The number of benzene rings is 2. The molecule has 10 N–H and O–H groups in total. The zero-order chi connectivity index (χ0) is 43.6. The van der Waals surface area contributed by atoms with Crippen molar-refractivity contribution in [1.82, 2.24) is 29.8 Å². The topological polar surface area (TPSA) is 331 Å². The average molecular weight is 889 g/mol. The molecule has 2 fully saturated rings. The van der Waals surface area contributed by atoms with Crippen LogP contribution in [0, 0.1) is 0 Å². The standard InChI is InChI=1S/C36H43N9O14P2/c37-36-41-31-28(33(51)42-36)43(16-20-8-3-1-4-9-20)19-45(31)35-30(49)29(48)25(58-35)18-57-61(55,56)59-60(53,54)38-15-6-2-5-12-26(46)39-23-11-7-10-21-22(23)17-44(34(21)52)24-13-14-27(47)40-32(24)50/h1,3-4,7-11,19,24-25,29-30,35,48-49H,2,5-6,12-18H2,(H7-,37,38,39,40,41,42,46,47,50,51,53,54,55,56)/p+1. The number of hydrogen-bond acceptors (Lipinski definition) is 14. The van der Waals surface area contributed by atoms with Gasteiger partial charge in [-0.1, -0.05) is 47.8 Å². The van der Waals surface area contributed by atoms with Gasteiger partial charge in [-0.3, -0.25) is 43.4 Å². The van der Waals surface area contributed by atoms with Crippen molar-refractivity contribution in [3.05, 3.63) is 81.9 Å². The van der Waals surface area contributed by atoms with Crippen LogP contribution in [0.15, 0.2) is 59.7 Å². The number of phosphoric acid groups is 1. The molecule has 25 heteroatoms. The third-order valence-corrected chi connectivity index (χ3v) is 13.2. The highest BCUT2D eigenvalue weighted by Crippen LogP contribution is 2.58. The van der Waals surface area contributed by atoms with E-state index in [1.54, 1.807) is 22.8 Å². The SMILES string of the molecule is Nc1nc2c(c(=O)[nH]1)n(Cc1ccccc1)c[n+]2C1OC(COP(=O)(O)OP(=O)(O)NCCCCCC(=O)Nc2cccc3c2CN(C2CCC(=O)NC2=O)C3=O)C(O)C1O. The number of hydrogen-bond donors (Lipinski definition) is 9. The molecular formula is C36H44N9O14P2+. The molecule has 326 valence electrons. The number of anilines is 2. The Morgan fingerprint density at radius 3 is 2.56 bits per heavy atom. The second kappa shape index (κ2) is 18.0. The number of piperidine rings is 1. The maximum absolute atomic E-state index is 13.1. The summed E-state index contributed by atoms with van der Waals surface area (Å²) in [7, 11) is -10.2. The molecule has 0 radical (unpaired) electrons. The molecule has 3 aliphatic rings. The number of carbonyl (C=O) groups is 4. The number of imide groups is 1. The van der Waals surface area contributed by atoms with Crippen molar-refractivity contribution in [2.45, 2.75) is 82.2 Å². The molecule has 7 rings (SSSR count). The zero-order valence-electron chi connectivity index (χ0n) is 32.3. The Morgan fingerprint density at radius 2 is 1.80 bits per heavy atom. The number of imidazole rings is 1. The summed E-state index contributed by atoms with van der Waals surface area (Å²) in [6.07, 6.45) is -3.39. The third-order valence-electron chi connectivity index (χ3n) is 10.4. The lowest BCUT2D eigenvalue weighted by atomic mass is 10.0. The van der Waals surface area contributed by atoms with Crippen LogP contribution in [0.25, 0.3) is 11.2 Å². The molecule has 23 nitrogen and oxygen atoms in total. The molecule has 0 bridgehead atoms. The van der Waals surface area contributed by atoms with E-state index in [0.29, 0.717) is 29.7 Å². The molecule has 7 unspecified atom stereocenters. The van der Waals surface area contributed by atoms with Gasteiger partial charge in [-0.2, -0.15) is 4.31 Å². The van der Waals surface area contributed by atoms with Crippen LogP contribution in [-0.2, 0) is 50.2 Å². The summed E-state index contributed by atoms with van der Waals surface area (Å²) in [6, 6.07) is 13.2. The van der Waals surface area contributed by atoms with Gasteiger partial charge in [-0.25, -0.2) is 18.8 Å². The molecule has 0 aliphatic carbocycles. The summed E-state index contributed by atoms with van der Waals surface area (Å²) in [5, 5.41) is 28.9. The van der Waals surface area contributed by atoms with Crippen molar-refractivity contribution in [2.24, 2.45) is 0 Å². The van der Waals surface area contributed by atoms with E-state index in [4.69, 9.17) is 15.0 Å². The number of nitrogens with two attached hydrogens (primary N) is 1. The number of unbranched alkanes of at least 4 members (excludes halogenated alkanes) is 2. The summed E-state index contributed by atoms with van der Waals surface area (Å²) in [5.41, 5.74) is 7.44. The normalized spacial score (nSPS) is 23.4. The number of amides is 4. The number of fused-ring (bicyclic) bond motifs is 2. The van der Waals surface area contributed by atoms with Crippen LogP contribution < -0.4 is 31.6 Å². The number of aromatic nitrogens is 4. The maximum Gasteiger partial charge on any atom is 0.480 e. The van der Waals surface area contributed by atoms with E-state index in [1.807, 2.05) is 30.3 Å². The Balaban J connectivity index is 0.856. The second-order valence-electron chi connectivity index (χ2n) is 14.7. The first-order chi connectivity index (χ1) is 29.0. The number of aliphatic hydroxyl groups is 2. The van der Waals surface area contributed by atoms with E-state index in [9.17, 15) is 53.1 Å². The number of nitrogens with zero attached hydrogens (tertiary/aromatic N) is 4. The molecule has 4 aromatic rings. The minimum Gasteiger partial charge on any atom is -0.387 e. The highest BCUT2D eigenvalue weighted by Gasteiger charge is 2.48. The monoisotopic (exact) mass is 888 g/mol. The van der Waals surface area contributed by atoms with Gasteiger partial charge < -0.3 is 40.7 Å². The van der Waals surface area contributed by atoms with Crippen LogP contribution in [0.1, 0.15) is 66.2 Å². The third kappa shape index (κ3) is 9.97. The van der Waals surface area contributed by atoms with Gasteiger partial charge in [0.15, 0.2) is 6.33 Å². The number of ether oxygens (including phenoxy) is 1. The van der Waals surface area contributed by atoms with Crippen molar-refractivity contribution in [3.63, 3.8) is 0 Å². The lowest BCUT2D eigenvalue weighted by Gasteiger charge is -2.29. The Hall–Kier alpha value is -5.19. The maximum atomic E-state index is 13.1. The fourth-order valence-corrected chi connectivity index (χ4v) is 9.75. The predicted molar refractivity (Wildman–Crippen MR) is 211 cm³/mol. The molecule has 2 aromatic carbocycles. The lowest BCUT2D eigenvalue weighted by Crippen LogP contribution is -2.52. The summed E-state index contributed by atoms with van der Waals surface area (Å²) in [5.74, 6) is -1.91. The number of aliphatic hydroxyl groups excluding tert-OH is 2. The Bertz CT molecular complexity index is 2500. The number of carbonyl (C=O) groups excluding carboxylic acids is 4. The first-order valence-corrected chi connectivity index (χ1v) is 22.3. The molecule has 5 heterocycles. The van der Waals surface area contributed by atoms with Gasteiger partial charge in [0.2, 0.25) is 29.5 Å². The quantitative estimate of drug-likeness (QED) is 0.0293. The molecule has 0 saturated carbocycles. The molecule has 2 saturated heterocycles. The molecule has 2 aromatic heterocycles. The number of nitrogens with one attached hydrogen (secondary N) is 4. The Labute approximate surface area is 346 Å². The Kier molecular flexibility index (Phi) is 13.0. The van der Waals surface area contributed by atoms with Gasteiger partial charge in [0.05, 0.1) is 13.2 Å². The Morgan fingerprint density at radius 1 is 1.03 bits per heavy atom. The van der Waals surface area contributed by atoms with Crippen molar-refractivity contribution in [2.75, 3.05) is 24.2 Å². The number of nitrogen functional groups attached to an aromatic ring is 1. The summed E-state index contributed by atoms with van der Waals surface area (Å²) >= 11 is 0. The first-order valence-electron chi connectivity index (χ1n) is 19.2. The number of aromatic amines is 1. The summed E-state index contributed by atoms with van der Waals surface area (Å²) < 4.78 is 43.3. The fourth-order valence-electron chi connectivity index (χ4n) is 7.44. The van der Waals surface area contributed by atoms with E-state index in [-0.39, 0.29) is 74.2 Å². The van der Waals surface area contributed by atoms with Crippen molar-refractivity contribution >= 4 is 62.0 Å². The van der Waals surface area contributed by atoms with Gasteiger partial charge in [-0.15, -0.1) is 0 Å². The number of rotatable bonds is 17. The van der Waals surface area contributed by atoms with E-state index in [2.05, 4.69) is 30.0 Å². The van der Waals surface area contributed by atoms with E-state index in [1.165, 1.54) is 15.8 Å². The highest BCUT2D eigenvalue weighted by atomic mass is 31.3. The van der Waals surface area contributed by atoms with Crippen molar-refractivity contribution in [1.29, 1.82) is 0 Å². The highest BCUT2D eigenvalue weighted by molar-refractivity contribution is 7.62.